The van der Waals surface area contributed by atoms with Crippen LogP contribution < -0.4 is 10.3 Å². The Labute approximate surface area is 187 Å². The van der Waals surface area contributed by atoms with E-state index in [0.717, 1.165) is 37.8 Å². The van der Waals surface area contributed by atoms with Crippen LogP contribution in [0.25, 0.3) is 21.9 Å². The van der Waals surface area contributed by atoms with Crippen LogP contribution in [0.15, 0.2) is 88.4 Å². The Hall–Kier alpha value is -3.38. The Balaban J connectivity index is 1.68. The van der Waals surface area contributed by atoms with Crippen LogP contribution in [0.2, 0.25) is 0 Å². The van der Waals surface area contributed by atoms with Gasteiger partial charge in [0.1, 0.15) is 16.8 Å². The number of fused-ring (bicyclic) bond motifs is 3. The molecule has 0 aliphatic heterocycles. The molecule has 5 rings (SSSR count). The molecular weight excluding hydrogens is 454 g/mol. The summed E-state index contributed by atoms with van der Waals surface area (Å²) in [6.45, 7) is 1.01. The lowest BCUT2D eigenvalue weighted by molar-refractivity contribution is 0.414. The Bertz CT molecular complexity index is 1470. The highest BCUT2D eigenvalue weighted by atomic mass is 79.9. The van der Waals surface area contributed by atoms with E-state index in [1.165, 1.54) is 0 Å². The highest BCUT2D eigenvalue weighted by Gasteiger charge is 2.17. The number of rotatable bonds is 5. The molecule has 5 aromatic rings. The minimum Gasteiger partial charge on any atom is -0.497 e. The number of hydrogen-bond acceptors (Lipinski definition) is 3. The third kappa shape index (κ3) is 3.64. The monoisotopic (exact) mass is 473 g/mol. The molecule has 0 saturated heterocycles. The van der Waals surface area contributed by atoms with E-state index in [0.29, 0.717) is 18.6 Å². The van der Waals surface area contributed by atoms with E-state index in [1.807, 2.05) is 60.7 Å². The topological polar surface area (TPSA) is 49.0 Å². The van der Waals surface area contributed by atoms with Gasteiger partial charge in [-0.3, -0.25) is 9.36 Å². The van der Waals surface area contributed by atoms with Crippen molar-refractivity contribution in [1.82, 2.24) is 14.1 Å². The molecule has 6 heteroatoms. The van der Waals surface area contributed by atoms with Gasteiger partial charge in [0.25, 0.3) is 5.56 Å². The number of hydrogen-bond donors (Lipinski definition) is 0. The van der Waals surface area contributed by atoms with E-state index >= 15 is 0 Å². The van der Waals surface area contributed by atoms with Crippen molar-refractivity contribution < 1.29 is 4.74 Å². The van der Waals surface area contributed by atoms with Gasteiger partial charge in [-0.25, -0.2) is 4.98 Å². The normalized spacial score (nSPS) is 11.3. The fourth-order valence-corrected chi connectivity index (χ4v) is 4.46. The van der Waals surface area contributed by atoms with Crippen molar-refractivity contribution in [1.29, 1.82) is 0 Å². The highest BCUT2D eigenvalue weighted by molar-refractivity contribution is 9.10. The maximum atomic E-state index is 13.6. The average molecular weight is 474 g/mol. The average Bonchev–Trinajstić information content (AvgIpc) is 3.10. The summed E-state index contributed by atoms with van der Waals surface area (Å²) in [6.07, 6.45) is 1.64. The van der Waals surface area contributed by atoms with E-state index in [4.69, 9.17) is 9.72 Å². The van der Waals surface area contributed by atoms with Gasteiger partial charge in [0.15, 0.2) is 0 Å². The summed E-state index contributed by atoms with van der Waals surface area (Å²) in [5.74, 6) is 0.767. The maximum Gasteiger partial charge on any atom is 0.278 e. The first-order valence-electron chi connectivity index (χ1n) is 9.98. The largest absolute Gasteiger partial charge is 0.497 e. The lowest BCUT2D eigenvalue weighted by Gasteiger charge is -2.10. The van der Waals surface area contributed by atoms with Crippen molar-refractivity contribution in [2.75, 3.05) is 7.11 Å². The van der Waals surface area contributed by atoms with Gasteiger partial charge in [-0.1, -0.05) is 58.4 Å². The molecule has 0 aliphatic rings. The molecule has 2 aromatic heterocycles. The van der Waals surface area contributed by atoms with Crippen LogP contribution in [0.1, 0.15) is 11.1 Å². The molecule has 0 N–H and O–H groups in total. The summed E-state index contributed by atoms with van der Waals surface area (Å²) >= 11 is 3.54. The SMILES string of the molecule is COc1cccc(Cn2cnc3c4ccccc4n(Cc4cccc(Br)c4)c3c2=O)c1. The molecule has 0 spiro atoms. The summed E-state index contributed by atoms with van der Waals surface area (Å²) in [5, 5.41) is 0.984. The first-order chi connectivity index (χ1) is 15.1. The number of nitrogens with zero attached hydrogens (tertiary/aromatic N) is 3. The van der Waals surface area contributed by atoms with Gasteiger partial charge in [0.2, 0.25) is 0 Å². The van der Waals surface area contributed by atoms with Crippen LogP contribution in [0.4, 0.5) is 0 Å². The Morgan fingerprint density at radius 1 is 0.935 bits per heavy atom. The van der Waals surface area contributed by atoms with Crippen molar-refractivity contribution in [3.63, 3.8) is 0 Å². The fraction of sp³-hybridized carbons (Fsp3) is 0.120. The van der Waals surface area contributed by atoms with Crippen molar-refractivity contribution in [3.8, 4) is 5.75 Å². The highest BCUT2D eigenvalue weighted by Crippen LogP contribution is 2.27. The van der Waals surface area contributed by atoms with Gasteiger partial charge < -0.3 is 9.30 Å². The van der Waals surface area contributed by atoms with Gasteiger partial charge in [0, 0.05) is 16.4 Å². The van der Waals surface area contributed by atoms with Gasteiger partial charge in [-0.15, -0.1) is 0 Å². The molecule has 0 radical (unpaired) electrons. The van der Waals surface area contributed by atoms with Crippen LogP contribution in [-0.2, 0) is 13.1 Å². The minimum atomic E-state index is -0.0565. The predicted octanol–water partition coefficient (Wildman–Crippen LogP) is 5.22. The van der Waals surface area contributed by atoms with Crippen molar-refractivity contribution in [3.05, 3.63) is 105 Å². The van der Waals surface area contributed by atoms with Crippen LogP contribution in [-0.4, -0.2) is 21.2 Å². The smallest absolute Gasteiger partial charge is 0.278 e. The van der Waals surface area contributed by atoms with Gasteiger partial charge in [-0.05, 0) is 41.5 Å². The van der Waals surface area contributed by atoms with Gasteiger partial charge in [-0.2, -0.15) is 0 Å². The summed E-state index contributed by atoms with van der Waals surface area (Å²) in [5.41, 5.74) is 4.39. The summed E-state index contributed by atoms with van der Waals surface area (Å²) in [6, 6.07) is 23.9. The first kappa shape index (κ1) is 19.6. The van der Waals surface area contributed by atoms with Crippen molar-refractivity contribution >= 4 is 37.9 Å². The quantitative estimate of drug-likeness (QED) is 0.351. The van der Waals surface area contributed by atoms with E-state index < -0.39 is 0 Å². The molecule has 0 saturated carbocycles. The molecule has 0 fully saturated rings. The van der Waals surface area contributed by atoms with Crippen LogP contribution in [0.3, 0.4) is 0 Å². The summed E-state index contributed by atoms with van der Waals surface area (Å²) in [7, 11) is 1.64. The molecule has 0 atom stereocenters. The van der Waals surface area contributed by atoms with E-state index in [2.05, 4.69) is 32.6 Å². The van der Waals surface area contributed by atoms with E-state index in [-0.39, 0.29) is 5.56 Å². The van der Waals surface area contributed by atoms with Gasteiger partial charge in [0.05, 0.1) is 25.5 Å². The standard InChI is InChI=1S/C25H20BrN3O2/c1-31-20-9-5-7-18(13-20)14-28-16-27-23-21-10-2-3-11-22(21)29(24(23)25(28)30)15-17-6-4-8-19(26)12-17/h2-13,16H,14-15H2,1H3. The Kier molecular flexibility index (Phi) is 5.08. The number of ether oxygens (including phenoxy) is 1. The van der Waals surface area contributed by atoms with Crippen molar-refractivity contribution in [2.24, 2.45) is 0 Å². The predicted molar refractivity (Wildman–Crippen MR) is 127 cm³/mol. The summed E-state index contributed by atoms with van der Waals surface area (Å²) < 4.78 is 10.1. The Morgan fingerprint density at radius 3 is 2.52 bits per heavy atom. The van der Waals surface area contributed by atoms with Gasteiger partial charge >= 0.3 is 0 Å². The fourth-order valence-electron chi connectivity index (χ4n) is 4.01. The third-order valence-corrected chi connectivity index (χ3v) is 5.94. The molecule has 0 aliphatic carbocycles. The molecule has 0 unspecified atom stereocenters. The molecule has 31 heavy (non-hydrogen) atoms. The molecule has 2 heterocycles. The van der Waals surface area contributed by atoms with E-state index in [9.17, 15) is 4.79 Å². The zero-order valence-electron chi connectivity index (χ0n) is 17.0. The molecule has 3 aromatic carbocycles. The Morgan fingerprint density at radius 2 is 1.71 bits per heavy atom. The third-order valence-electron chi connectivity index (χ3n) is 5.45. The maximum absolute atomic E-state index is 13.6. The molecule has 5 nitrogen and oxygen atoms in total. The number of benzene rings is 3. The number of para-hydroxylation sites is 1. The second-order valence-electron chi connectivity index (χ2n) is 7.46. The molecule has 0 bridgehead atoms. The first-order valence-corrected chi connectivity index (χ1v) is 10.8. The van der Waals surface area contributed by atoms with Crippen molar-refractivity contribution in [2.45, 2.75) is 13.1 Å². The van der Waals surface area contributed by atoms with E-state index in [1.54, 1.807) is 18.0 Å². The molecule has 154 valence electrons. The number of methoxy groups -OCH3 is 1. The lowest BCUT2D eigenvalue weighted by atomic mass is 10.2. The second kappa shape index (κ2) is 8.04. The van der Waals surface area contributed by atoms with Crippen LogP contribution in [0, 0.1) is 0 Å². The lowest BCUT2D eigenvalue weighted by Crippen LogP contribution is -2.23. The second-order valence-corrected chi connectivity index (χ2v) is 8.38. The number of halogens is 1. The number of aromatic nitrogens is 3. The zero-order valence-corrected chi connectivity index (χ0v) is 18.5. The molecular formula is C25H20BrN3O2. The van der Waals surface area contributed by atoms with Crippen LogP contribution in [0.5, 0.6) is 5.75 Å². The zero-order chi connectivity index (χ0) is 21.4. The molecule has 0 amide bonds. The minimum absolute atomic E-state index is 0.0565. The summed E-state index contributed by atoms with van der Waals surface area (Å²) in [4.78, 5) is 18.3. The van der Waals surface area contributed by atoms with Crippen LogP contribution >= 0.6 is 15.9 Å².